The zero-order valence-corrected chi connectivity index (χ0v) is 16.6. The van der Waals surface area contributed by atoms with Crippen molar-refractivity contribution in [3.8, 4) is 0 Å². The maximum absolute atomic E-state index is 12.9. The number of carbonyl (C=O) groups is 1. The first-order valence-corrected chi connectivity index (χ1v) is 10.9. The molecule has 3 aliphatic heterocycles. The van der Waals surface area contributed by atoms with Crippen LogP contribution in [0.3, 0.4) is 0 Å². The summed E-state index contributed by atoms with van der Waals surface area (Å²) in [4.78, 5) is 18.8. The van der Waals surface area contributed by atoms with E-state index in [1.165, 1.54) is 16.5 Å². The normalized spacial score (nSPS) is 28.6. The van der Waals surface area contributed by atoms with Gasteiger partial charge in [0.05, 0.1) is 6.61 Å². The van der Waals surface area contributed by atoms with Crippen molar-refractivity contribution in [3.05, 3.63) is 36.0 Å². The topological polar surface area (TPSA) is 57.4 Å². The molecule has 5 nitrogen and oxygen atoms in total. The maximum Gasteiger partial charge on any atom is 0.252 e. The van der Waals surface area contributed by atoms with Crippen LogP contribution in [0.15, 0.2) is 30.5 Å². The molecule has 3 saturated heterocycles. The second kappa shape index (κ2) is 7.53. The van der Waals surface area contributed by atoms with Crippen LogP contribution >= 0.6 is 0 Å². The van der Waals surface area contributed by atoms with Crippen LogP contribution in [0, 0.1) is 5.92 Å². The highest BCUT2D eigenvalue weighted by Gasteiger charge is 2.47. The Balaban J connectivity index is 1.10. The van der Waals surface area contributed by atoms with E-state index in [4.69, 9.17) is 4.74 Å². The molecule has 6 rings (SSSR count). The lowest BCUT2D eigenvalue weighted by molar-refractivity contribution is -0.174. The molecule has 4 aliphatic rings. The molecule has 2 bridgehead atoms. The molecule has 0 radical (unpaired) electrons. The Morgan fingerprint density at radius 2 is 1.96 bits per heavy atom. The van der Waals surface area contributed by atoms with Gasteiger partial charge in [-0.2, -0.15) is 0 Å². The number of rotatable bonds is 5. The fourth-order valence-electron chi connectivity index (χ4n) is 5.26. The van der Waals surface area contributed by atoms with E-state index in [-0.39, 0.29) is 5.91 Å². The minimum absolute atomic E-state index is 0.155. The van der Waals surface area contributed by atoms with Crippen LogP contribution < -0.4 is 5.32 Å². The number of nitrogens with zero attached hydrogens (tertiary/aromatic N) is 1. The van der Waals surface area contributed by atoms with E-state index < -0.39 is 5.60 Å². The number of nitrogens with one attached hydrogen (secondary N) is 2. The van der Waals surface area contributed by atoms with Gasteiger partial charge in [-0.15, -0.1) is 0 Å². The highest BCUT2D eigenvalue weighted by Crippen LogP contribution is 2.41. The van der Waals surface area contributed by atoms with Gasteiger partial charge in [0.25, 0.3) is 5.91 Å². The molecule has 1 saturated carbocycles. The fraction of sp³-hybridized carbons (Fsp3) is 0.609. The number of hydrogen-bond donors (Lipinski definition) is 2. The lowest BCUT2D eigenvalue weighted by Gasteiger charge is -2.45. The van der Waals surface area contributed by atoms with Crippen LogP contribution in [0.5, 0.6) is 0 Å². The van der Waals surface area contributed by atoms with Gasteiger partial charge in [-0.3, -0.25) is 4.79 Å². The third-order valence-corrected chi connectivity index (χ3v) is 7.22. The van der Waals surface area contributed by atoms with E-state index in [0.717, 1.165) is 71.2 Å². The van der Waals surface area contributed by atoms with Crippen LogP contribution in [0.2, 0.25) is 0 Å². The lowest BCUT2D eigenvalue weighted by Crippen LogP contribution is -2.58. The van der Waals surface area contributed by atoms with Crippen molar-refractivity contribution in [2.75, 3.05) is 26.2 Å². The molecule has 1 aromatic carbocycles. The van der Waals surface area contributed by atoms with E-state index in [0.29, 0.717) is 12.0 Å². The first kappa shape index (κ1) is 18.2. The van der Waals surface area contributed by atoms with Gasteiger partial charge < -0.3 is 19.9 Å². The number of aromatic amines is 1. The summed E-state index contributed by atoms with van der Waals surface area (Å²) in [6.45, 7) is 3.98. The molecule has 1 aromatic heterocycles. The number of para-hydroxylation sites is 1. The van der Waals surface area contributed by atoms with Crippen molar-refractivity contribution in [2.45, 2.75) is 56.6 Å². The third-order valence-electron chi connectivity index (χ3n) is 7.22. The Bertz CT molecular complexity index is 815. The highest BCUT2D eigenvalue weighted by molar-refractivity contribution is 5.86. The fourth-order valence-corrected chi connectivity index (χ4v) is 5.26. The first-order chi connectivity index (χ1) is 13.7. The number of benzene rings is 1. The molecule has 4 fully saturated rings. The zero-order valence-electron chi connectivity index (χ0n) is 16.6. The number of H-pyrrole nitrogens is 1. The van der Waals surface area contributed by atoms with Crippen LogP contribution in [0.25, 0.3) is 10.9 Å². The van der Waals surface area contributed by atoms with Gasteiger partial charge in [-0.05, 0) is 62.5 Å². The maximum atomic E-state index is 12.9. The van der Waals surface area contributed by atoms with Crippen molar-refractivity contribution >= 4 is 16.8 Å². The van der Waals surface area contributed by atoms with Crippen molar-refractivity contribution in [1.29, 1.82) is 0 Å². The van der Waals surface area contributed by atoms with E-state index >= 15 is 0 Å². The summed E-state index contributed by atoms with van der Waals surface area (Å²) in [5.74, 6) is 0.845. The SMILES string of the molecule is O=C(NC1CCN(CCc2c[nH]c3ccccc23)CC1)C12CCC(CC1)CO2. The summed E-state index contributed by atoms with van der Waals surface area (Å²) in [6.07, 6.45) is 9.42. The number of piperidine rings is 1. The molecule has 150 valence electrons. The summed E-state index contributed by atoms with van der Waals surface area (Å²) in [5.41, 5.74) is 2.11. The lowest BCUT2D eigenvalue weighted by atomic mass is 9.75. The molecule has 1 aliphatic carbocycles. The van der Waals surface area contributed by atoms with Crippen molar-refractivity contribution in [1.82, 2.24) is 15.2 Å². The van der Waals surface area contributed by atoms with Gasteiger partial charge in [0.1, 0.15) is 5.60 Å². The Morgan fingerprint density at radius 3 is 2.71 bits per heavy atom. The smallest absolute Gasteiger partial charge is 0.252 e. The van der Waals surface area contributed by atoms with E-state index in [1.807, 2.05) is 0 Å². The van der Waals surface area contributed by atoms with Gasteiger partial charge in [-0.1, -0.05) is 18.2 Å². The second-order valence-corrected chi connectivity index (χ2v) is 8.95. The minimum Gasteiger partial charge on any atom is -0.365 e. The summed E-state index contributed by atoms with van der Waals surface area (Å²) in [5, 5.41) is 4.66. The van der Waals surface area contributed by atoms with E-state index in [2.05, 4.69) is 45.7 Å². The Morgan fingerprint density at radius 1 is 1.18 bits per heavy atom. The summed E-state index contributed by atoms with van der Waals surface area (Å²) < 4.78 is 5.98. The van der Waals surface area contributed by atoms with Gasteiger partial charge in [0, 0.05) is 42.8 Å². The number of carbonyl (C=O) groups excluding carboxylic acids is 1. The molecule has 28 heavy (non-hydrogen) atoms. The van der Waals surface area contributed by atoms with Gasteiger partial charge in [-0.25, -0.2) is 0 Å². The predicted molar refractivity (Wildman–Crippen MR) is 110 cm³/mol. The molecule has 0 spiro atoms. The number of likely N-dealkylation sites (tertiary alicyclic amines) is 1. The monoisotopic (exact) mass is 381 g/mol. The molecule has 0 atom stereocenters. The van der Waals surface area contributed by atoms with Gasteiger partial charge in [0.2, 0.25) is 0 Å². The number of amides is 1. The highest BCUT2D eigenvalue weighted by atomic mass is 16.5. The first-order valence-electron chi connectivity index (χ1n) is 10.9. The molecule has 4 heterocycles. The summed E-state index contributed by atoms with van der Waals surface area (Å²) in [7, 11) is 0. The summed E-state index contributed by atoms with van der Waals surface area (Å²) >= 11 is 0. The molecule has 0 unspecified atom stereocenters. The van der Waals surface area contributed by atoms with Gasteiger partial charge in [0.15, 0.2) is 0 Å². The standard InChI is InChI=1S/C23H31N3O2/c27-22(23-10-5-17(6-11-23)16-28-23)25-19-8-13-26(14-9-19)12-7-18-15-24-21-4-2-1-3-20(18)21/h1-4,15,17,19,24H,5-14,16H2,(H,25,27). The average Bonchev–Trinajstić information content (AvgIpc) is 3.18. The van der Waals surface area contributed by atoms with E-state index in [9.17, 15) is 4.79 Å². The van der Waals surface area contributed by atoms with Crippen LogP contribution in [-0.4, -0.2) is 53.7 Å². The third kappa shape index (κ3) is 3.46. The van der Waals surface area contributed by atoms with Crippen molar-refractivity contribution in [3.63, 3.8) is 0 Å². The largest absolute Gasteiger partial charge is 0.365 e. The number of hydrogen-bond acceptors (Lipinski definition) is 3. The van der Waals surface area contributed by atoms with Gasteiger partial charge >= 0.3 is 0 Å². The quantitative estimate of drug-likeness (QED) is 0.836. The Kier molecular flexibility index (Phi) is 4.89. The van der Waals surface area contributed by atoms with Crippen molar-refractivity contribution < 1.29 is 9.53 Å². The molecule has 2 N–H and O–H groups in total. The Labute approximate surface area is 166 Å². The molecule has 2 aromatic rings. The molecule has 1 amide bonds. The molecule has 5 heteroatoms. The van der Waals surface area contributed by atoms with Crippen LogP contribution in [0.1, 0.15) is 44.1 Å². The summed E-state index contributed by atoms with van der Waals surface area (Å²) in [6, 6.07) is 8.81. The van der Waals surface area contributed by atoms with Crippen LogP contribution in [0.4, 0.5) is 0 Å². The van der Waals surface area contributed by atoms with Crippen LogP contribution in [-0.2, 0) is 16.0 Å². The number of aromatic nitrogens is 1. The number of ether oxygens (including phenoxy) is 1. The minimum atomic E-state index is -0.513. The average molecular weight is 382 g/mol. The second-order valence-electron chi connectivity index (χ2n) is 8.95. The molecular formula is C23H31N3O2. The van der Waals surface area contributed by atoms with E-state index in [1.54, 1.807) is 0 Å². The van der Waals surface area contributed by atoms with Crippen molar-refractivity contribution in [2.24, 2.45) is 5.92 Å². The number of fused-ring (bicyclic) bond motifs is 4. The Hall–Kier alpha value is -1.85. The predicted octanol–water partition coefficient (Wildman–Crippen LogP) is 3.25. The zero-order chi connectivity index (χ0) is 19.0. The molecular weight excluding hydrogens is 350 g/mol.